The summed E-state index contributed by atoms with van der Waals surface area (Å²) in [6, 6.07) is 8.15. The van der Waals surface area contributed by atoms with Gasteiger partial charge in [-0.25, -0.2) is 0 Å². The molecule has 0 radical (unpaired) electrons. The van der Waals surface area contributed by atoms with Crippen molar-refractivity contribution in [1.29, 1.82) is 0 Å². The first-order valence-electron chi connectivity index (χ1n) is 5.98. The Labute approximate surface area is 123 Å². The highest BCUT2D eigenvalue weighted by atomic mass is 19.4. The van der Waals surface area contributed by atoms with Gasteiger partial charge in [0.05, 0.1) is 23.7 Å². The maximum absolute atomic E-state index is 12.8. The molecule has 0 saturated carbocycles. The van der Waals surface area contributed by atoms with Crippen LogP contribution in [-0.4, -0.2) is 12.0 Å². The van der Waals surface area contributed by atoms with Gasteiger partial charge in [0.2, 0.25) is 0 Å². The van der Waals surface area contributed by atoms with Gasteiger partial charge in [-0.3, -0.25) is 10.1 Å². The quantitative estimate of drug-likeness (QED) is 0.619. The van der Waals surface area contributed by atoms with Crippen LogP contribution in [0.15, 0.2) is 42.5 Å². The number of hydrogen-bond acceptors (Lipinski definition) is 4. The zero-order valence-electron chi connectivity index (χ0n) is 11.3. The van der Waals surface area contributed by atoms with E-state index < -0.39 is 22.4 Å². The molecule has 22 heavy (non-hydrogen) atoms. The third kappa shape index (κ3) is 3.66. The van der Waals surface area contributed by atoms with E-state index in [4.69, 9.17) is 9.47 Å². The van der Waals surface area contributed by atoms with E-state index in [0.29, 0.717) is 17.9 Å². The largest absolute Gasteiger partial charge is 0.497 e. The molecular weight excluding hydrogens is 303 g/mol. The lowest BCUT2D eigenvalue weighted by Gasteiger charge is -2.10. The van der Waals surface area contributed by atoms with Crippen molar-refractivity contribution in [3.05, 3.63) is 58.1 Å². The average molecular weight is 313 g/mol. The van der Waals surface area contributed by atoms with E-state index in [-0.39, 0.29) is 11.5 Å². The molecular formula is C14H10F3NO4. The van der Waals surface area contributed by atoms with Crippen LogP contribution in [0.1, 0.15) is 5.56 Å². The number of non-ortho nitro benzene ring substituents is 1. The summed E-state index contributed by atoms with van der Waals surface area (Å²) in [7, 11) is 1.46. The van der Waals surface area contributed by atoms with Crippen molar-refractivity contribution in [1.82, 2.24) is 0 Å². The molecule has 0 saturated heterocycles. The standard InChI is InChI=1S/C14H10F3NO4/c1-21-11-2-4-12(5-3-11)22-13-7-9(14(15,16)17)6-10(8-13)18(19)20/h2-8H,1H3. The van der Waals surface area contributed by atoms with Crippen LogP contribution in [0.4, 0.5) is 18.9 Å². The number of benzene rings is 2. The van der Waals surface area contributed by atoms with Crippen molar-refractivity contribution in [2.24, 2.45) is 0 Å². The smallest absolute Gasteiger partial charge is 0.416 e. The molecule has 0 spiro atoms. The average Bonchev–Trinajstić information content (AvgIpc) is 2.46. The van der Waals surface area contributed by atoms with Crippen LogP contribution >= 0.6 is 0 Å². The van der Waals surface area contributed by atoms with Gasteiger partial charge in [0.15, 0.2) is 0 Å². The van der Waals surface area contributed by atoms with Gasteiger partial charge in [0.1, 0.15) is 17.2 Å². The van der Waals surface area contributed by atoms with Crippen LogP contribution in [0.25, 0.3) is 0 Å². The maximum Gasteiger partial charge on any atom is 0.416 e. The molecule has 8 heteroatoms. The monoisotopic (exact) mass is 313 g/mol. The second-order valence-electron chi connectivity index (χ2n) is 4.25. The first-order chi connectivity index (χ1) is 10.3. The number of hydrogen-bond donors (Lipinski definition) is 0. The SMILES string of the molecule is COc1ccc(Oc2cc([N+](=O)[O-])cc(C(F)(F)F)c2)cc1. The molecule has 0 heterocycles. The fourth-order valence-corrected chi connectivity index (χ4v) is 1.69. The van der Waals surface area contributed by atoms with E-state index in [0.717, 1.165) is 6.07 Å². The number of nitro groups is 1. The van der Waals surface area contributed by atoms with E-state index >= 15 is 0 Å². The Morgan fingerprint density at radius 1 is 1.00 bits per heavy atom. The number of halogens is 3. The summed E-state index contributed by atoms with van der Waals surface area (Å²) in [5, 5.41) is 10.7. The van der Waals surface area contributed by atoms with E-state index in [9.17, 15) is 23.3 Å². The van der Waals surface area contributed by atoms with Crippen molar-refractivity contribution in [2.45, 2.75) is 6.18 Å². The number of nitro benzene ring substituents is 1. The minimum Gasteiger partial charge on any atom is -0.497 e. The summed E-state index contributed by atoms with van der Waals surface area (Å²) < 4.78 is 48.4. The lowest BCUT2D eigenvalue weighted by atomic mass is 10.2. The van der Waals surface area contributed by atoms with E-state index in [2.05, 4.69) is 0 Å². The van der Waals surface area contributed by atoms with Gasteiger partial charge < -0.3 is 9.47 Å². The van der Waals surface area contributed by atoms with Crippen LogP contribution < -0.4 is 9.47 Å². The highest BCUT2D eigenvalue weighted by Crippen LogP contribution is 2.36. The Morgan fingerprint density at radius 3 is 2.09 bits per heavy atom. The molecule has 0 aliphatic rings. The highest BCUT2D eigenvalue weighted by molar-refractivity contribution is 5.46. The molecule has 0 N–H and O–H groups in total. The van der Waals surface area contributed by atoms with Crippen LogP contribution in [0.5, 0.6) is 17.2 Å². The van der Waals surface area contributed by atoms with E-state index in [1.54, 1.807) is 12.1 Å². The zero-order valence-corrected chi connectivity index (χ0v) is 11.3. The fourth-order valence-electron chi connectivity index (χ4n) is 1.69. The topological polar surface area (TPSA) is 61.6 Å². The van der Waals surface area contributed by atoms with Gasteiger partial charge >= 0.3 is 6.18 Å². The number of methoxy groups -OCH3 is 1. The van der Waals surface area contributed by atoms with Gasteiger partial charge in [0.25, 0.3) is 5.69 Å². The minimum absolute atomic E-state index is 0.231. The number of nitrogens with zero attached hydrogens (tertiary/aromatic N) is 1. The maximum atomic E-state index is 12.8. The molecule has 0 aromatic heterocycles. The lowest BCUT2D eigenvalue weighted by Crippen LogP contribution is -2.06. The number of rotatable bonds is 4. The summed E-state index contributed by atoms with van der Waals surface area (Å²) in [5.74, 6) is 0.503. The van der Waals surface area contributed by atoms with Crippen molar-refractivity contribution in [2.75, 3.05) is 7.11 Å². The molecule has 0 atom stereocenters. The van der Waals surface area contributed by atoms with Crippen LogP contribution in [-0.2, 0) is 6.18 Å². The van der Waals surface area contributed by atoms with Gasteiger partial charge in [-0.15, -0.1) is 0 Å². The Morgan fingerprint density at radius 2 is 1.59 bits per heavy atom. The van der Waals surface area contributed by atoms with Crippen LogP contribution in [0.3, 0.4) is 0 Å². The summed E-state index contributed by atoms with van der Waals surface area (Å²) in [5.41, 5.74) is -1.84. The molecule has 2 rings (SSSR count). The fraction of sp³-hybridized carbons (Fsp3) is 0.143. The number of ether oxygens (including phenoxy) is 2. The minimum atomic E-state index is -4.70. The highest BCUT2D eigenvalue weighted by Gasteiger charge is 2.33. The predicted molar refractivity (Wildman–Crippen MR) is 71.2 cm³/mol. The first-order valence-corrected chi connectivity index (χ1v) is 5.98. The molecule has 0 unspecified atom stereocenters. The van der Waals surface area contributed by atoms with Crippen LogP contribution in [0, 0.1) is 10.1 Å². The van der Waals surface area contributed by atoms with E-state index in [1.807, 2.05) is 0 Å². The first kappa shape index (κ1) is 15.6. The molecule has 5 nitrogen and oxygen atoms in total. The third-order valence-corrected chi connectivity index (χ3v) is 2.72. The van der Waals surface area contributed by atoms with Gasteiger partial charge in [0, 0.05) is 6.07 Å². The normalized spacial score (nSPS) is 11.1. The molecule has 116 valence electrons. The summed E-state index contributed by atoms with van der Waals surface area (Å²) in [6.45, 7) is 0. The van der Waals surface area contributed by atoms with Crippen molar-refractivity contribution in [3.8, 4) is 17.2 Å². The summed E-state index contributed by atoms with van der Waals surface area (Å²) >= 11 is 0. The summed E-state index contributed by atoms with van der Waals surface area (Å²) in [6.07, 6.45) is -4.70. The van der Waals surface area contributed by atoms with Gasteiger partial charge in [-0.2, -0.15) is 13.2 Å². The van der Waals surface area contributed by atoms with E-state index in [1.165, 1.54) is 19.2 Å². The van der Waals surface area contributed by atoms with Crippen LogP contribution in [0.2, 0.25) is 0 Å². The van der Waals surface area contributed by atoms with Gasteiger partial charge in [-0.1, -0.05) is 0 Å². The lowest BCUT2D eigenvalue weighted by molar-refractivity contribution is -0.385. The molecule has 0 bridgehead atoms. The Balaban J connectivity index is 2.36. The summed E-state index contributed by atoms with van der Waals surface area (Å²) in [4.78, 5) is 9.83. The Kier molecular flexibility index (Phi) is 4.20. The number of alkyl halides is 3. The second kappa shape index (κ2) is 5.92. The Hall–Kier alpha value is -2.77. The zero-order chi connectivity index (χ0) is 16.3. The predicted octanol–water partition coefficient (Wildman–Crippen LogP) is 4.41. The molecule has 2 aromatic rings. The third-order valence-electron chi connectivity index (χ3n) is 2.72. The molecule has 0 amide bonds. The second-order valence-corrected chi connectivity index (χ2v) is 4.25. The molecule has 0 aliphatic heterocycles. The molecule has 0 fully saturated rings. The van der Waals surface area contributed by atoms with Crippen molar-refractivity contribution in [3.63, 3.8) is 0 Å². The van der Waals surface area contributed by atoms with Gasteiger partial charge in [-0.05, 0) is 30.3 Å². The molecule has 0 aliphatic carbocycles. The van der Waals surface area contributed by atoms with Crippen molar-refractivity contribution >= 4 is 5.69 Å². The van der Waals surface area contributed by atoms with Crippen molar-refractivity contribution < 1.29 is 27.6 Å². The Bertz CT molecular complexity index is 683. The molecule has 2 aromatic carbocycles.